The Morgan fingerprint density at radius 1 is 1.18 bits per heavy atom. The third-order valence-electron chi connectivity index (χ3n) is 6.52. The lowest BCUT2D eigenvalue weighted by Crippen LogP contribution is -2.38. The van der Waals surface area contributed by atoms with E-state index in [0.29, 0.717) is 24.7 Å². The van der Waals surface area contributed by atoms with E-state index in [9.17, 15) is 9.59 Å². The number of benzene rings is 1. The molecule has 2 N–H and O–H groups in total. The van der Waals surface area contributed by atoms with Crippen LogP contribution < -0.4 is 5.32 Å². The maximum Gasteiger partial charge on any atom is 0.289 e. The van der Waals surface area contributed by atoms with Gasteiger partial charge in [0, 0.05) is 36.0 Å². The van der Waals surface area contributed by atoms with E-state index in [1.807, 2.05) is 53.6 Å². The van der Waals surface area contributed by atoms with E-state index in [-0.39, 0.29) is 23.7 Å². The highest BCUT2D eigenvalue weighted by atomic mass is 16.3. The smallest absolute Gasteiger partial charge is 0.289 e. The van der Waals surface area contributed by atoms with Gasteiger partial charge in [-0.05, 0) is 54.2 Å². The Kier molecular flexibility index (Phi) is 4.57. The fourth-order valence-corrected chi connectivity index (χ4v) is 4.61. The molecule has 1 aromatic carbocycles. The molecule has 33 heavy (non-hydrogen) atoms. The Hall–Kier alpha value is -3.87. The zero-order valence-electron chi connectivity index (χ0n) is 18.3. The van der Waals surface area contributed by atoms with Gasteiger partial charge in [-0.3, -0.25) is 9.59 Å². The number of amides is 2. The lowest BCUT2D eigenvalue weighted by atomic mass is 9.89. The molecular weight excluding hydrogens is 416 g/mol. The monoisotopic (exact) mass is 440 g/mol. The number of carbonyl (C=O) groups excluding carboxylic acids is 2. The number of para-hydroxylation sites is 1. The highest BCUT2D eigenvalue weighted by molar-refractivity contribution is 5.99. The Bertz CT molecular complexity index is 1390. The summed E-state index contributed by atoms with van der Waals surface area (Å²) < 4.78 is 5.79. The molecule has 2 amide bonds. The van der Waals surface area contributed by atoms with Crippen LogP contribution in [0.4, 0.5) is 5.82 Å². The van der Waals surface area contributed by atoms with E-state index < -0.39 is 0 Å². The van der Waals surface area contributed by atoms with Crippen LogP contribution in [-0.4, -0.2) is 39.8 Å². The van der Waals surface area contributed by atoms with Crippen LogP contribution in [0.25, 0.3) is 27.6 Å². The first-order valence-corrected chi connectivity index (χ1v) is 11.3. The zero-order valence-corrected chi connectivity index (χ0v) is 18.3. The lowest BCUT2D eigenvalue weighted by molar-refractivity contribution is -0.117. The number of furan rings is 1. The number of pyridine rings is 1. The third-order valence-corrected chi connectivity index (χ3v) is 6.52. The maximum atomic E-state index is 13.1. The molecule has 7 heteroatoms. The van der Waals surface area contributed by atoms with Gasteiger partial charge < -0.3 is 19.6 Å². The standard InChI is InChI=1S/C26H24N4O3/c1-15-14-30(26(32)22-12-17-4-2-3-5-21(17)33-22)11-9-18(15)20-13-23(29-25(31)16-6-7-16)28-24-19(20)8-10-27-24/h2-5,8-10,12-13,15-16H,6-7,11,14H2,1H3,(H2,27,28,29,31). The molecule has 0 saturated heterocycles. The Morgan fingerprint density at radius 3 is 2.82 bits per heavy atom. The van der Waals surface area contributed by atoms with Crippen LogP contribution in [0.3, 0.4) is 0 Å². The van der Waals surface area contributed by atoms with E-state index in [2.05, 4.69) is 28.3 Å². The number of nitrogens with one attached hydrogen (secondary N) is 2. The minimum absolute atomic E-state index is 0.0348. The molecule has 2 aliphatic rings. The van der Waals surface area contributed by atoms with Crippen molar-refractivity contribution in [1.29, 1.82) is 0 Å². The predicted molar refractivity (Wildman–Crippen MR) is 127 cm³/mol. The minimum atomic E-state index is -0.104. The number of hydrogen-bond acceptors (Lipinski definition) is 4. The predicted octanol–water partition coefficient (Wildman–Crippen LogP) is 4.83. The molecule has 1 aliphatic heterocycles. The topological polar surface area (TPSA) is 91.2 Å². The third kappa shape index (κ3) is 3.59. The molecule has 4 aromatic rings. The van der Waals surface area contributed by atoms with Crippen molar-refractivity contribution in [1.82, 2.24) is 14.9 Å². The van der Waals surface area contributed by atoms with Crippen LogP contribution in [0.2, 0.25) is 0 Å². The van der Waals surface area contributed by atoms with Gasteiger partial charge in [0.25, 0.3) is 5.91 Å². The fourth-order valence-electron chi connectivity index (χ4n) is 4.61. The molecular formula is C26H24N4O3. The average Bonchev–Trinajstić information content (AvgIpc) is 3.41. The van der Waals surface area contributed by atoms with Crippen molar-refractivity contribution in [3.63, 3.8) is 0 Å². The SMILES string of the molecule is CC1CN(C(=O)c2cc3ccccc3o2)CC=C1c1cc(NC(=O)C2CC2)nc2[nH]ccc12. The molecule has 4 heterocycles. The van der Waals surface area contributed by atoms with Crippen molar-refractivity contribution in [2.45, 2.75) is 19.8 Å². The first kappa shape index (κ1) is 19.8. The summed E-state index contributed by atoms with van der Waals surface area (Å²) in [4.78, 5) is 35.0. The highest BCUT2D eigenvalue weighted by Gasteiger charge is 2.31. The first-order valence-electron chi connectivity index (χ1n) is 11.3. The molecule has 166 valence electrons. The van der Waals surface area contributed by atoms with Gasteiger partial charge >= 0.3 is 0 Å². The van der Waals surface area contributed by atoms with Crippen molar-refractivity contribution in [2.24, 2.45) is 11.8 Å². The van der Waals surface area contributed by atoms with Gasteiger partial charge in [0.2, 0.25) is 5.91 Å². The number of rotatable bonds is 4. The zero-order chi connectivity index (χ0) is 22.5. The van der Waals surface area contributed by atoms with Gasteiger partial charge in [-0.1, -0.05) is 31.2 Å². The molecule has 6 rings (SSSR count). The largest absolute Gasteiger partial charge is 0.451 e. The second-order valence-corrected chi connectivity index (χ2v) is 8.98. The van der Waals surface area contributed by atoms with Crippen LogP contribution in [-0.2, 0) is 4.79 Å². The number of aromatic amines is 1. The lowest BCUT2D eigenvalue weighted by Gasteiger charge is -2.31. The van der Waals surface area contributed by atoms with Crippen molar-refractivity contribution in [3.8, 4) is 0 Å². The summed E-state index contributed by atoms with van der Waals surface area (Å²) in [6.45, 7) is 3.19. The number of H-pyrrole nitrogens is 1. The number of anilines is 1. The second-order valence-electron chi connectivity index (χ2n) is 8.98. The van der Waals surface area contributed by atoms with E-state index in [0.717, 1.165) is 46.0 Å². The summed E-state index contributed by atoms with van der Waals surface area (Å²) >= 11 is 0. The van der Waals surface area contributed by atoms with Crippen LogP contribution in [0, 0.1) is 11.8 Å². The Balaban J connectivity index is 1.29. The molecule has 0 spiro atoms. The summed E-state index contributed by atoms with van der Waals surface area (Å²) in [7, 11) is 0. The molecule has 1 atom stereocenters. The van der Waals surface area contributed by atoms with Gasteiger partial charge in [0.1, 0.15) is 17.0 Å². The van der Waals surface area contributed by atoms with Gasteiger partial charge in [0.15, 0.2) is 5.76 Å². The van der Waals surface area contributed by atoms with E-state index >= 15 is 0 Å². The summed E-state index contributed by atoms with van der Waals surface area (Å²) in [5, 5.41) is 4.90. The van der Waals surface area contributed by atoms with Crippen molar-refractivity contribution in [2.75, 3.05) is 18.4 Å². The normalized spacial score (nSPS) is 18.5. The average molecular weight is 441 g/mol. The van der Waals surface area contributed by atoms with Crippen LogP contribution in [0.15, 0.2) is 59.2 Å². The summed E-state index contributed by atoms with van der Waals surface area (Å²) in [6, 6.07) is 13.4. The molecule has 0 radical (unpaired) electrons. The fraction of sp³-hybridized carbons (Fsp3) is 0.269. The highest BCUT2D eigenvalue weighted by Crippen LogP contribution is 2.35. The Morgan fingerprint density at radius 2 is 2.03 bits per heavy atom. The number of hydrogen-bond donors (Lipinski definition) is 2. The van der Waals surface area contributed by atoms with E-state index in [1.54, 1.807) is 0 Å². The summed E-state index contributed by atoms with van der Waals surface area (Å²) in [6.07, 6.45) is 5.85. The second kappa shape index (κ2) is 7.62. The van der Waals surface area contributed by atoms with Crippen LogP contribution in [0.5, 0.6) is 0 Å². The maximum absolute atomic E-state index is 13.1. The number of nitrogens with zero attached hydrogens (tertiary/aromatic N) is 2. The Labute approximate surface area is 190 Å². The molecule has 1 fully saturated rings. The van der Waals surface area contributed by atoms with E-state index in [4.69, 9.17) is 4.42 Å². The van der Waals surface area contributed by atoms with Crippen LogP contribution >= 0.6 is 0 Å². The van der Waals surface area contributed by atoms with Crippen molar-refractivity contribution in [3.05, 3.63) is 66.1 Å². The molecule has 1 saturated carbocycles. The van der Waals surface area contributed by atoms with Crippen LogP contribution in [0.1, 0.15) is 35.9 Å². The van der Waals surface area contributed by atoms with Crippen molar-refractivity contribution < 1.29 is 14.0 Å². The quantitative estimate of drug-likeness (QED) is 0.475. The van der Waals surface area contributed by atoms with Gasteiger partial charge in [-0.15, -0.1) is 0 Å². The van der Waals surface area contributed by atoms with E-state index in [1.165, 1.54) is 0 Å². The molecule has 7 nitrogen and oxygen atoms in total. The molecule has 3 aromatic heterocycles. The molecule has 1 aliphatic carbocycles. The number of aromatic nitrogens is 2. The summed E-state index contributed by atoms with van der Waals surface area (Å²) in [5.74, 6) is 1.08. The minimum Gasteiger partial charge on any atom is -0.451 e. The number of fused-ring (bicyclic) bond motifs is 2. The molecule has 1 unspecified atom stereocenters. The van der Waals surface area contributed by atoms with Gasteiger partial charge in [-0.25, -0.2) is 4.98 Å². The number of carbonyl (C=O) groups is 2. The van der Waals surface area contributed by atoms with Crippen molar-refractivity contribution >= 4 is 45.2 Å². The summed E-state index contributed by atoms with van der Waals surface area (Å²) in [5.41, 5.74) is 3.65. The molecule has 0 bridgehead atoms. The van der Waals surface area contributed by atoms with Gasteiger partial charge in [0.05, 0.1) is 0 Å². The van der Waals surface area contributed by atoms with Gasteiger partial charge in [-0.2, -0.15) is 0 Å². The first-order chi connectivity index (χ1) is 16.1.